The van der Waals surface area contributed by atoms with Crippen LogP contribution < -0.4 is 15.9 Å². The molecule has 6 heteroatoms. The second-order valence-electron chi connectivity index (χ2n) is 8.67. The van der Waals surface area contributed by atoms with Crippen molar-refractivity contribution in [2.24, 2.45) is 0 Å². The highest BCUT2D eigenvalue weighted by Gasteiger charge is 2.54. The van der Waals surface area contributed by atoms with Crippen LogP contribution in [0.4, 0.5) is 8.78 Å². The van der Waals surface area contributed by atoms with Gasteiger partial charge in [0, 0.05) is 26.7 Å². The molecule has 0 nitrogen and oxygen atoms in total. The Kier molecular flexibility index (Phi) is 7.65. The highest BCUT2D eigenvalue weighted by molar-refractivity contribution is 7.96. The lowest BCUT2D eigenvalue weighted by Gasteiger charge is -2.35. The minimum absolute atomic E-state index is 0.428. The maximum Gasteiger partial charge on any atom is 0.134 e. The summed E-state index contributed by atoms with van der Waals surface area (Å²) in [5.74, 6) is -1.25. The first-order valence-electron chi connectivity index (χ1n) is 11.6. The third-order valence-electron chi connectivity index (χ3n) is 6.40. The molecule has 1 atom stereocenters. The van der Waals surface area contributed by atoms with Gasteiger partial charge in [-0.05, 0) is 90.5 Å². The lowest BCUT2D eigenvalue weighted by molar-refractivity contribution is 0.580. The molecule has 0 radical (unpaired) electrons. The van der Waals surface area contributed by atoms with Crippen LogP contribution in [0, 0.1) is 11.6 Å². The Bertz CT molecular complexity index is 1370. The summed E-state index contributed by atoms with van der Waals surface area (Å²) in [6.07, 6.45) is 0. The quantitative estimate of drug-likeness (QED) is 0.179. The summed E-state index contributed by atoms with van der Waals surface area (Å²) in [6.45, 7) is 0. The molecule has 0 saturated carbocycles. The van der Waals surface area contributed by atoms with Crippen molar-refractivity contribution in [3.8, 4) is 0 Å². The van der Waals surface area contributed by atoms with E-state index in [1.807, 2.05) is 103 Å². The van der Waals surface area contributed by atoms with E-state index in [1.54, 1.807) is 0 Å². The highest BCUT2D eigenvalue weighted by Crippen LogP contribution is 2.69. The molecule has 0 spiro atoms. The Labute approximate surface area is 230 Å². The van der Waals surface area contributed by atoms with Gasteiger partial charge in [-0.3, -0.25) is 0 Å². The first-order chi connectivity index (χ1) is 17.9. The van der Waals surface area contributed by atoms with Crippen molar-refractivity contribution in [2.45, 2.75) is 5.66 Å². The number of benzene rings is 5. The van der Waals surface area contributed by atoms with Crippen molar-refractivity contribution in [3.05, 3.63) is 159 Å². The maximum atomic E-state index is 14.8. The molecule has 5 rings (SSSR count). The summed E-state index contributed by atoms with van der Waals surface area (Å²) in [4.78, 5) is 0. The summed E-state index contributed by atoms with van der Waals surface area (Å²) in [6, 6.07) is 36.7. The fraction of sp³-hybridized carbons (Fsp3) is 0.0323. The topological polar surface area (TPSA) is 0 Å². The fourth-order valence-corrected chi connectivity index (χ4v) is 10.2. The van der Waals surface area contributed by atoms with E-state index in [4.69, 9.17) is 34.8 Å². The molecular formula is C31H21Cl3F2P+. The van der Waals surface area contributed by atoms with Crippen molar-refractivity contribution in [1.82, 2.24) is 0 Å². The molecule has 37 heavy (non-hydrogen) atoms. The molecule has 0 aromatic heterocycles. The smallest absolute Gasteiger partial charge is 0.134 e. The molecule has 0 amide bonds. The van der Waals surface area contributed by atoms with E-state index in [0.29, 0.717) is 20.6 Å². The van der Waals surface area contributed by atoms with Crippen LogP contribution in [0.25, 0.3) is 0 Å². The average Bonchev–Trinajstić information content (AvgIpc) is 2.89. The summed E-state index contributed by atoms with van der Waals surface area (Å²) in [7, 11) is -2.72. The monoisotopic (exact) mass is 567 g/mol. The standard InChI is InChI=1S/C31H21Cl3F2P/c32-23-6-12-28(13-7-23)37(29-14-8-24(33)9-15-29,30-16-10-25(34)11-17-30)31(21-4-2-1-3-5-21)22-18-26(35)20-27(36)19-22/h1-20,31H/q+1. The zero-order chi connectivity index (χ0) is 26.0. The predicted molar refractivity (Wildman–Crippen MR) is 155 cm³/mol. The molecule has 0 aliphatic rings. The van der Waals surface area contributed by atoms with E-state index >= 15 is 0 Å². The van der Waals surface area contributed by atoms with Crippen LogP contribution in [0.3, 0.4) is 0 Å². The van der Waals surface area contributed by atoms with Gasteiger partial charge in [-0.2, -0.15) is 0 Å². The van der Waals surface area contributed by atoms with E-state index < -0.39 is 24.6 Å². The number of halogens is 5. The fourth-order valence-electron chi connectivity index (χ4n) is 4.93. The van der Waals surface area contributed by atoms with Gasteiger partial charge in [0.05, 0.1) is 0 Å². The molecule has 184 valence electrons. The largest absolute Gasteiger partial charge is 0.207 e. The van der Waals surface area contributed by atoms with Gasteiger partial charge in [0.25, 0.3) is 0 Å². The van der Waals surface area contributed by atoms with Gasteiger partial charge in [0.1, 0.15) is 40.5 Å². The van der Waals surface area contributed by atoms with Crippen LogP contribution in [0.1, 0.15) is 16.8 Å². The Morgan fingerprint density at radius 1 is 0.459 bits per heavy atom. The van der Waals surface area contributed by atoms with Crippen molar-refractivity contribution >= 4 is 58.0 Å². The zero-order valence-corrected chi connectivity index (χ0v) is 22.6. The first kappa shape index (κ1) is 25.9. The maximum absolute atomic E-state index is 14.8. The Hall–Kier alpha value is -2.74. The molecule has 0 aliphatic heterocycles. The van der Waals surface area contributed by atoms with Gasteiger partial charge in [-0.1, -0.05) is 65.1 Å². The first-order valence-corrected chi connectivity index (χ1v) is 14.6. The van der Waals surface area contributed by atoms with Gasteiger partial charge in [-0.15, -0.1) is 0 Å². The van der Waals surface area contributed by atoms with Gasteiger partial charge in [0.2, 0.25) is 0 Å². The molecule has 0 fully saturated rings. The van der Waals surface area contributed by atoms with E-state index in [0.717, 1.165) is 27.5 Å². The molecule has 0 aliphatic carbocycles. The van der Waals surface area contributed by atoms with Crippen molar-refractivity contribution < 1.29 is 8.78 Å². The highest BCUT2D eigenvalue weighted by atomic mass is 35.5. The minimum atomic E-state index is -2.72. The van der Waals surface area contributed by atoms with Gasteiger partial charge >= 0.3 is 0 Å². The van der Waals surface area contributed by atoms with E-state index in [1.165, 1.54) is 12.1 Å². The molecule has 0 heterocycles. The van der Waals surface area contributed by atoms with Crippen LogP contribution in [-0.4, -0.2) is 0 Å². The molecular weight excluding hydrogens is 548 g/mol. The lowest BCUT2D eigenvalue weighted by Crippen LogP contribution is -2.36. The summed E-state index contributed by atoms with van der Waals surface area (Å²) in [5, 5.41) is 4.80. The predicted octanol–water partition coefficient (Wildman–Crippen LogP) is 9.01. The molecule has 5 aromatic rings. The zero-order valence-electron chi connectivity index (χ0n) is 19.5. The van der Waals surface area contributed by atoms with Crippen LogP contribution in [-0.2, 0) is 0 Å². The van der Waals surface area contributed by atoms with Crippen molar-refractivity contribution in [2.75, 3.05) is 0 Å². The second-order valence-corrected chi connectivity index (χ2v) is 13.5. The Balaban J connectivity index is 1.97. The van der Waals surface area contributed by atoms with E-state index in [2.05, 4.69) is 0 Å². The average molecular weight is 569 g/mol. The summed E-state index contributed by atoms with van der Waals surface area (Å²) < 4.78 is 29.6. The summed E-state index contributed by atoms with van der Waals surface area (Å²) in [5.41, 5.74) is 1.04. The van der Waals surface area contributed by atoms with Crippen molar-refractivity contribution in [1.29, 1.82) is 0 Å². The van der Waals surface area contributed by atoms with E-state index in [-0.39, 0.29) is 0 Å². The third-order valence-corrected chi connectivity index (χ3v) is 11.9. The normalized spacial score (nSPS) is 12.4. The Morgan fingerprint density at radius 3 is 1.22 bits per heavy atom. The van der Waals surface area contributed by atoms with Gasteiger partial charge < -0.3 is 0 Å². The molecule has 1 unspecified atom stereocenters. The molecule has 0 bridgehead atoms. The molecule has 0 saturated heterocycles. The minimum Gasteiger partial charge on any atom is -0.207 e. The van der Waals surface area contributed by atoms with Crippen LogP contribution in [0.5, 0.6) is 0 Å². The molecule has 0 N–H and O–H groups in total. The third kappa shape index (κ3) is 5.17. The second kappa shape index (κ2) is 10.9. The van der Waals surface area contributed by atoms with E-state index in [9.17, 15) is 8.78 Å². The molecule has 5 aromatic carbocycles. The SMILES string of the molecule is Fc1cc(F)cc(C(c2ccccc2)[P+](c2ccc(Cl)cc2)(c2ccc(Cl)cc2)c2ccc(Cl)cc2)c1. The number of hydrogen-bond acceptors (Lipinski definition) is 0. The Morgan fingerprint density at radius 2 is 0.838 bits per heavy atom. The van der Waals surface area contributed by atoms with Crippen molar-refractivity contribution in [3.63, 3.8) is 0 Å². The lowest BCUT2D eigenvalue weighted by atomic mass is 10.0. The van der Waals surface area contributed by atoms with Gasteiger partial charge in [-0.25, -0.2) is 8.78 Å². The number of hydrogen-bond donors (Lipinski definition) is 0. The van der Waals surface area contributed by atoms with Crippen LogP contribution >= 0.6 is 42.1 Å². The van der Waals surface area contributed by atoms with Gasteiger partial charge in [0.15, 0.2) is 0 Å². The number of rotatable bonds is 6. The van der Waals surface area contributed by atoms with Crippen LogP contribution in [0.15, 0.2) is 121 Å². The summed E-state index contributed by atoms with van der Waals surface area (Å²) >= 11 is 19.0. The van der Waals surface area contributed by atoms with Crippen LogP contribution in [0.2, 0.25) is 15.1 Å².